The molecule has 2 nitrogen and oxygen atoms in total. The van der Waals surface area contributed by atoms with Gasteiger partial charge in [-0.05, 0) is 42.8 Å². The molecule has 0 aliphatic carbocycles. The number of rotatable bonds is 2. The molecule has 1 aromatic rings. The van der Waals surface area contributed by atoms with Crippen molar-refractivity contribution in [2.45, 2.75) is 25.6 Å². The lowest BCUT2D eigenvalue weighted by molar-refractivity contribution is 0.405. The number of methoxy groups -OCH3 is 1. The van der Waals surface area contributed by atoms with Gasteiger partial charge in [0.2, 0.25) is 0 Å². The lowest BCUT2D eigenvalue weighted by Crippen LogP contribution is -2.25. The highest BCUT2D eigenvalue weighted by Crippen LogP contribution is 2.40. The highest BCUT2D eigenvalue weighted by molar-refractivity contribution is 7.98. The minimum absolute atomic E-state index is 0.440. The summed E-state index contributed by atoms with van der Waals surface area (Å²) in [5, 5.41) is 3.47. The lowest BCUT2D eigenvalue weighted by atomic mass is 9.89. The van der Waals surface area contributed by atoms with E-state index < -0.39 is 0 Å². The number of hydrogen-bond acceptors (Lipinski definition) is 3. The molecule has 2 rings (SSSR count). The van der Waals surface area contributed by atoms with Crippen LogP contribution in [-0.2, 0) is 5.75 Å². The summed E-state index contributed by atoms with van der Waals surface area (Å²) in [6, 6.07) is 4.71. The first kappa shape index (κ1) is 12.8. The number of benzene rings is 1. The maximum absolute atomic E-state index is 5.51. The Morgan fingerprint density at radius 1 is 1.41 bits per heavy atom. The van der Waals surface area contributed by atoms with Crippen LogP contribution in [0, 0.1) is 12.8 Å². The van der Waals surface area contributed by atoms with Gasteiger partial charge < -0.3 is 10.1 Å². The molecule has 1 N–H and O–H groups in total. The van der Waals surface area contributed by atoms with Crippen molar-refractivity contribution in [3.8, 4) is 5.75 Å². The van der Waals surface area contributed by atoms with Gasteiger partial charge in [0.1, 0.15) is 5.75 Å². The van der Waals surface area contributed by atoms with Gasteiger partial charge in [0.15, 0.2) is 0 Å². The van der Waals surface area contributed by atoms with Crippen molar-refractivity contribution in [3.05, 3.63) is 28.8 Å². The van der Waals surface area contributed by atoms with Gasteiger partial charge in [0.05, 0.1) is 7.11 Å². The fourth-order valence-electron chi connectivity index (χ4n) is 2.69. The third kappa shape index (κ3) is 2.31. The van der Waals surface area contributed by atoms with E-state index in [1.54, 1.807) is 7.11 Å². The van der Waals surface area contributed by atoms with E-state index in [4.69, 9.17) is 4.74 Å². The summed E-state index contributed by atoms with van der Waals surface area (Å²) in [6.07, 6.45) is 0. The van der Waals surface area contributed by atoms with Gasteiger partial charge in [0.25, 0.3) is 0 Å². The summed E-state index contributed by atoms with van der Waals surface area (Å²) >= 11 is 2.00. The topological polar surface area (TPSA) is 21.3 Å². The summed E-state index contributed by atoms with van der Waals surface area (Å²) in [5.41, 5.74) is 4.19. The van der Waals surface area contributed by atoms with Gasteiger partial charge in [0, 0.05) is 17.4 Å². The Morgan fingerprint density at radius 3 is 2.82 bits per heavy atom. The van der Waals surface area contributed by atoms with E-state index in [1.807, 2.05) is 11.8 Å². The predicted octanol–water partition coefficient (Wildman–Crippen LogP) is 3.15. The van der Waals surface area contributed by atoms with E-state index >= 15 is 0 Å². The second-order valence-electron chi connectivity index (χ2n) is 4.74. The molecule has 0 saturated carbocycles. The highest BCUT2D eigenvalue weighted by atomic mass is 32.2. The van der Waals surface area contributed by atoms with Crippen molar-refractivity contribution in [1.29, 1.82) is 0 Å². The number of nitrogens with one attached hydrogen (secondary N) is 1. The molecule has 0 radical (unpaired) electrons. The van der Waals surface area contributed by atoms with Crippen LogP contribution in [0.1, 0.15) is 29.7 Å². The van der Waals surface area contributed by atoms with Crippen LogP contribution in [0.2, 0.25) is 0 Å². The molecule has 0 aromatic heterocycles. The molecule has 1 aliphatic heterocycles. The van der Waals surface area contributed by atoms with Gasteiger partial charge >= 0.3 is 0 Å². The Hall–Kier alpha value is -0.670. The lowest BCUT2D eigenvalue weighted by Gasteiger charge is -2.25. The largest absolute Gasteiger partial charge is 0.496 e. The maximum Gasteiger partial charge on any atom is 0.123 e. The van der Waals surface area contributed by atoms with Gasteiger partial charge in [-0.1, -0.05) is 13.0 Å². The van der Waals surface area contributed by atoms with Crippen LogP contribution in [0.15, 0.2) is 12.1 Å². The predicted molar refractivity (Wildman–Crippen MR) is 74.9 cm³/mol. The van der Waals surface area contributed by atoms with Crippen molar-refractivity contribution in [2.75, 3.05) is 19.9 Å². The van der Waals surface area contributed by atoms with Crippen molar-refractivity contribution in [1.82, 2.24) is 5.32 Å². The van der Waals surface area contributed by atoms with Crippen LogP contribution in [0.4, 0.5) is 0 Å². The fraction of sp³-hybridized carbons (Fsp3) is 0.571. The third-order valence-corrected chi connectivity index (χ3v) is 4.82. The number of hydrogen-bond donors (Lipinski definition) is 1. The van der Waals surface area contributed by atoms with Crippen LogP contribution in [0.3, 0.4) is 0 Å². The van der Waals surface area contributed by atoms with E-state index in [0.29, 0.717) is 12.0 Å². The normalized spacial score (nSPS) is 24.0. The van der Waals surface area contributed by atoms with Crippen LogP contribution >= 0.6 is 11.8 Å². The molecule has 17 heavy (non-hydrogen) atoms. The number of ether oxygens (including phenoxy) is 1. The Balaban J connectivity index is 2.57. The Bertz CT molecular complexity index is 405. The molecular formula is C14H21NOS. The van der Waals surface area contributed by atoms with Crippen molar-refractivity contribution in [2.24, 2.45) is 5.92 Å². The molecule has 0 saturated heterocycles. The van der Waals surface area contributed by atoms with Gasteiger partial charge in [-0.2, -0.15) is 11.8 Å². The van der Waals surface area contributed by atoms with Crippen molar-refractivity contribution < 1.29 is 4.74 Å². The first-order chi connectivity index (χ1) is 8.19. The Morgan fingerprint density at radius 2 is 2.18 bits per heavy atom. The molecule has 0 spiro atoms. The minimum Gasteiger partial charge on any atom is -0.496 e. The summed E-state index contributed by atoms with van der Waals surface area (Å²) in [4.78, 5) is 0. The standard InChI is InChI=1S/C14H21NOS/c1-9-5-6-12(16-4)11-8-17-7-10(2)14(15-3)13(9)11/h5-6,10,14-15H,7-8H2,1-4H3. The molecule has 2 unspecified atom stereocenters. The smallest absolute Gasteiger partial charge is 0.123 e. The molecule has 0 fully saturated rings. The third-order valence-electron chi connectivity index (χ3n) is 3.57. The van der Waals surface area contributed by atoms with Gasteiger partial charge in [-0.3, -0.25) is 0 Å². The zero-order chi connectivity index (χ0) is 12.4. The summed E-state index contributed by atoms with van der Waals surface area (Å²) in [5.74, 6) is 3.94. The molecule has 0 amide bonds. The first-order valence-corrected chi connectivity index (χ1v) is 7.25. The van der Waals surface area contributed by atoms with Crippen LogP contribution in [-0.4, -0.2) is 19.9 Å². The molecule has 3 heteroatoms. The highest BCUT2D eigenvalue weighted by Gasteiger charge is 2.27. The van der Waals surface area contributed by atoms with Gasteiger partial charge in [-0.25, -0.2) is 0 Å². The average Bonchev–Trinajstić information content (AvgIpc) is 2.49. The molecule has 1 aliphatic rings. The monoisotopic (exact) mass is 251 g/mol. The van der Waals surface area contributed by atoms with E-state index in [1.165, 1.54) is 22.4 Å². The van der Waals surface area contributed by atoms with E-state index in [2.05, 4.69) is 38.3 Å². The quantitative estimate of drug-likeness (QED) is 0.872. The van der Waals surface area contributed by atoms with Crippen molar-refractivity contribution in [3.63, 3.8) is 0 Å². The molecule has 1 aromatic carbocycles. The Labute approximate surface area is 108 Å². The minimum atomic E-state index is 0.440. The second kappa shape index (κ2) is 5.32. The number of fused-ring (bicyclic) bond motifs is 1. The fourth-order valence-corrected chi connectivity index (χ4v) is 3.88. The SMILES string of the molecule is CNC1c2c(C)ccc(OC)c2CSCC1C. The van der Waals surface area contributed by atoms with Crippen LogP contribution in [0.5, 0.6) is 5.75 Å². The van der Waals surface area contributed by atoms with Crippen molar-refractivity contribution >= 4 is 11.8 Å². The summed E-state index contributed by atoms with van der Waals surface area (Å²) in [7, 11) is 3.82. The van der Waals surface area contributed by atoms with E-state index in [-0.39, 0.29) is 0 Å². The molecular weight excluding hydrogens is 230 g/mol. The molecule has 2 atom stereocenters. The zero-order valence-electron chi connectivity index (χ0n) is 11.0. The summed E-state index contributed by atoms with van der Waals surface area (Å²) < 4.78 is 5.51. The van der Waals surface area contributed by atoms with E-state index in [9.17, 15) is 0 Å². The molecule has 94 valence electrons. The van der Waals surface area contributed by atoms with E-state index in [0.717, 1.165) is 11.5 Å². The second-order valence-corrected chi connectivity index (χ2v) is 5.77. The first-order valence-electron chi connectivity index (χ1n) is 6.10. The summed E-state index contributed by atoms with van der Waals surface area (Å²) in [6.45, 7) is 4.52. The van der Waals surface area contributed by atoms with Crippen LogP contribution < -0.4 is 10.1 Å². The Kier molecular flexibility index (Phi) is 4.00. The van der Waals surface area contributed by atoms with Crippen LogP contribution in [0.25, 0.3) is 0 Å². The number of thioether (sulfide) groups is 1. The van der Waals surface area contributed by atoms with Gasteiger partial charge in [-0.15, -0.1) is 0 Å². The number of aryl methyl sites for hydroxylation is 1. The molecule has 0 bridgehead atoms. The maximum atomic E-state index is 5.51. The average molecular weight is 251 g/mol. The molecule has 1 heterocycles. The zero-order valence-corrected chi connectivity index (χ0v) is 11.9.